The number of fused-ring (bicyclic) bond motifs is 9. The van der Waals surface area contributed by atoms with Crippen LogP contribution >= 0.6 is 0 Å². The van der Waals surface area contributed by atoms with Crippen molar-refractivity contribution in [3.63, 3.8) is 0 Å². The third-order valence-corrected chi connectivity index (χ3v) is 13.2. The molecular formula is C49H43N. The van der Waals surface area contributed by atoms with Crippen molar-refractivity contribution in [3.05, 3.63) is 179 Å². The summed E-state index contributed by atoms with van der Waals surface area (Å²) in [6, 6.07) is 55.6. The lowest BCUT2D eigenvalue weighted by molar-refractivity contribution is 0.0862. The van der Waals surface area contributed by atoms with E-state index in [2.05, 4.69) is 171 Å². The third kappa shape index (κ3) is 3.89. The Morgan fingerprint density at radius 2 is 1.26 bits per heavy atom. The lowest BCUT2D eigenvalue weighted by Gasteiger charge is -2.60. The van der Waals surface area contributed by atoms with Gasteiger partial charge in [-0.15, -0.1) is 0 Å². The summed E-state index contributed by atoms with van der Waals surface area (Å²) >= 11 is 0. The minimum Gasteiger partial charge on any atom is -0.335 e. The van der Waals surface area contributed by atoms with Gasteiger partial charge in [0.2, 0.25) is 0 Å². The Labute approximate surface area is 296 Å². The van der Waals surface area contributed by atoms with E-state index in [1.165, 1.54) is 103 Å². The van der Waals surface area contributed by atoms with Crippen LogP contribution in [0.1, 0.15) is 72.9 Å². The molecule has 7 aromatic rings. The summed E-state index contributed by atoms with van der Waals surface area (Å²) < 4.78 is 0. The average molecular weight is 646 g/mol. The lowest BCUT2D eigenvalue weighted by atomic mass is 9.57. The fraction of sp³-hybridized carbons (Fsp3) is 0.224. The SMILES string of the molecule is Cc1ccc2c(c1)CC1(C)CCCCC1(C)N2c1ccc2c(c1)C(c1ccccc1)(c1ccccc1)c1ccc3c(ccc4ccccc43)c1-2. The molecule has 0 N–H and O–H groups in total. The van der Waals surface area contributed by atoms with E-state index in [0.29, 0.717) is 0 Å². The summed E-state index contributed by atoms with van der Waals surface area (Å²) in [6.45, 7) is 7.38. The normalized spacial score (nSPS) is 21.8. The Balaban J connectivity index is 1.32. The van der Waals surface area contributed by atoms with Crippen LogP contribution in [0.4, 0.5) is 11.4 Å². The molecule has 1 heterocycles. The molecule has 0 spiro atoms. The number of anilines is 2. The molecule has 2 unspecified atom stereocenters. The van der Waals surface area contributed by atoms with E-state index in [1.807, 2.05) is 0 Å². The highest BCUT2D eigenvalue weighted by Crippen LogP contribution is 2.61. The van der Waals surface area contributed by atoms with Crippen molar-refractivity contribution in [2.75, 3.05) is 4.90 Å². The zero-order valence-electron chi connectivity index (χ0n) is 29.3. The fourth-order valence-corrected chi connectivity index (χ4v) is 10.6. The Morgan fingerprint density at radius 3 is 2.04 bits per heavy atom. The molecule has 1 nitrogen and oxygen atoms in total. The summed E-state index contributed by atoms with van der Waals surface area (Å²) in [6.07, 6.45) is 6.20. The highest BCUT2D eigenvalue weighted by Gasteiger charge is 2.54. The fourth-order valence-electron chi connectivity index (χ4n) is 10.6. The van der Waals surface area contributed by atoms with E-state index < -0.39 is 5.41 Å². The van der Waals surface area contributed by atoms with Crippen molar-refractivity contribution in [1.82, 2.24) is 0 Å². The van der Waals surface area contributed by atoms with Crippen molar-refractivity contribution in [3.8, 4) is 11.1 Å². The molecule has 7 aromatic carbocycles. The molecule has 3 aliphatic rings. The van der Waals surface area contributed by atoms with Crippen molar-refractivity contribution >= 4 is 32.9 Å². The van der Waals surface area contributed by atoms with Gasteiger partial charge in [0, 0.05) is 16.9 Å². The standard InChI is InChI=1S/C49H43N/c1-33-20-27-45-35(30-33)32-47(2)28-12-13-29-48(47,3)50(45)38-22-24-42-44(31-38)49(36-15-6-4-7-16-36,37-17-8-5-9-18-37)43-26-25-40-39-19-11-10-14-34(39)21-23-41(40)46(42)43/h4-11,14-27,30-31H,12-13,28-29,32H2,1-3H3. The Hall–Kier alpha value is -5.14. The van der Waals surface area contributed by atoms with Gasteiger partial charge < -0.3 is 4.90 Å². The summed E-state index contributed by atoms with van der Waals surface area (Å²) in [7, 11) is 0. The van der Waals surface area contributed by atoms with E-state index >= 15 is 0 Å². The number of aryl methyl sites for hydroxylation is 1. The second kappa shape index (κ2) is 10.7. The molecule has 2 aliphatic carbocycles. The van der Waals surface area contributed by atoms with Crippen LogP contribution in [0.3, 0.4) is 0 Å². The Bertz CT molecular complexity index is 2420. The molecule has 1 aliphatic heterocycles. The third-order valence-electron chi connectivity index (χ3n) is 13.2. The quantitative estimate of drug-likeness (QED) is 0.173. The zero-order valence-corrected chi connectivity index (χ0v) is 29.3. The number of benzene rings is 7. The van der Waals surface area contributed by atoms with Crippen LogP contribution in [0, 0.1) is 12.3 Å². The number of rotatable bonds is 3. The van der Waals surface area contributed by atoms with Gasteiger partial charge in [-0.2, -0.15) is 0 Å². The maximum Gasteiger partial charge on any atom is 0.0714 e. The minimum atomic E-state index is -0.467. The van der Waals surface area contributed by atoms with Crippen molar-refractivity contribution < 1.29 is 0 Å². The van der Waals surface area contributed by atoms with E-state index in [4.69, 9.17) is 0 Å². The smallest absolute Gasteiger partial charge is 0.0714 e. The summed E-state index contributed by atoms with van der Waals surface area (Å²) in [5.74, 6) is 0. The van der Waals surface area contributed by atoms with Gasteiger partial charge in [0.25, 0.3) is 0 Å². The van der Waals surface area contributed by atoms with E-state index in [0.717, 1.165) is 6.42 Å². The summed E-state index contributed by atoms with van der Waals surface area (Å²) in [5.41, 5.74) is 13.4. The van der Waals surface area contributed by atoms with E-state index in [1.54, 1.807) is 0 Å². The van der Waals surface area contributed by atoms with E-state index in [-0.39, 0.29) is 11.0 Å². The average Bonchev–Trinajstić information content (AvgIpc) is 3.45. The highest BCUT2D eigenvalue weighted by molar-refractivity contribution is 6.14. The maximum atomic E-state index is 2.78. The van der Waals surface area contributed by atoms with Gasteiger partial charge in [-0.25, -0.2) is 0 Å². The topological polar surface area (TPSA) is 3.24 Å². The van der Waals surface area contributed by atoms with Gasteiger partial charge in [-0.3, -0.25) is 0 Å². The van der Waals surface area contributed by atoms with Gasteiger partial charge in [0.1, 0.15) is 0 Å². The molecule has 0 bridgehead atoms. The van der Waals surface area contributed by atoms with Gasteiger partial charge in [-0.05, 0) is 117 Å². The Kier molecular flexibility index (Phi) is 6.35. The molecule has 2 atom stereocenters. The van der Waals surface area contributed by atoms with Crippen LogP contribution in [-0.2, 0) is 11.8 Å². The van der Waals surface area contributed by atoms with Gasteiger partial charge in [0.05, 0.1) is 5.41 Å². The molecule has 0 radical (unpaired) electrons. The first-order chi connectivity index (χ1) is 24.4. The highest BCUT2D eigenvalue weighted by atomic mass is 15.2. The van der Waals surface area contributed by atoms with Gasteiger partial charge in [0.15, 0.2) is 0 Å². The first-order valence-electron chi connectivity index (χ1n) is 18.5. The summed E-state index contributed by atoms with van der Waals surface area (Å²) in [5, 5.41) is 5.25. The van der Waals surface area contributed by atoms with Crippen molar-refractivity contribution in [2.45, 2.75) is 63.8 Å². The van der Waals surface area contributed by atoms with Crippen LogP contribution in [-0.4, -0.2) is 5.54 Å². The second-order valence-corrected chi connectivity index (χ2v) is 15.8. The molecule has 1 fully saturated rings. The van der Waals surface area contributed by atoms with Gasteiger partial charge in [-0.1, -0.05) is 153 Å². The predicted octanol–water partition coefficient (Wildman–Crippen LogP) is 12.7. The minimum absolute atomic E-state index is 0.0148. The number of hydrogen-bond donors (Lipinski definition) is 0. The molecule has 1 saturated carbocycles. The number of nitrogens with zero attached hydrogens (tertiary/aromatic N) is 1. The van der Waals surface area contributed by atoms with Crippen LogP contribution in [0.25, 0.3) is 32.7 Å². The maximum absolute atomic E-state index is 2.78. The molecule has 50 heavy (non-hydrogen) atoms. The molecule has 0 saturated heterocycles. The molecular weight excluding hydrogens is 603 g/mol. The van der Waals surface area contributed by atoms with Crippen LogP contribution in [0.5, 0.6) is 0 Å². The molecule has 244 valence electrons. The van der Waals surface area contributed by atoms with E-state index in [9.17, 15) is 0 Å². The molecule has 10 rings (SSSR count). The predicted molar refractivity (Wildman–Crippen MR) is 211 cm³/mol. The second-order valence-electron chi connectivity index (χ2n) is 15.8. The summed E-state index contributed by atoms with van der Waals surface area (Å²) in [4.78, 5) is 2.78. The van der Waals surface area contributed by atoms with Crippen molar-refractivity contribution in [2.24, 2.45) is 5.41 Å². The largest absolute Gasteiger partial charge is 0.335 e. The number of hydrogen-bond acceptors (Lipinski definition) is 1. The lowest BCUT2D eigenvalue weighted by Crippen LogP contribution is -2.60. The molecule has 0 aromatic heterocycles. The first kappa shape index (κ1) is 29.7. The van der Waals surface area contributed by atoms with Gasteiger partial charge >= 0.3 is 0 Å². The Morgan fingerprint density at radius 1 is 0.560 bits per heavy atom. The van der Waals surface area contributed by atoms with Crippen LogP contribution < -0.4 is 4.90 Å². The van der Waals surface area contributed by atoms with Crippen LogP contribution in [0.2, 0.25) is 0 Å². The molecule has 0 amide bonds. The zero-order chi connectivity index (χ0) is 33.7. The van der Waals surface area contributed by atoms with Crippen LogP contribution in [0.15, 0.2) is 146 Å². The first-order valence-corrected chi connectivity index (χ1v) is 18.5. The van der Waals surface area contributed by atoms with Crippen molar-refractivity contribution in [1.29, 1.82) is 0 Å². The molecule has 1 heteroatoms. The monoisotopic (exact) mass is 645 g/mol.